The number of rotatable bonds is 5. The summed E-state index contributed by atoms with van der Waals surface area (Å²) in [7, 11) is 0. The molecule has 0 N–H and O–H groups in total. The van der Waals surface area contributed by atoms with E-state index < -0.39 is 0 Å². The van der Waals surface area contributed by atoms with Crippen LogP contribution in [0.15, 0.2) is 41.2 Å². The van der Waals surface area contributed by atoms with Gasteiger partial charge in [-0.25, -0.2) is 4.98 Å². The average molecular weight is 315 g/mol. The van der Waals surface area contributed by atoms with Gasteiger partial charge in [-0.3, -0.25) is 9.69 Å². The maximum absolute atomic E-state index is 12.2. The minimum absolute atomic E-state index is 0.257. The third-order valence-corrected chi connectivity index (χ3v) is 4.69. The molecular formula is C17H21N3OS. The van der Waals surface area contributed by atoms with E-state index >= 15 is 0 Å². The third-order valence-electron chi connectivity index (χ3n) is 4.05. The number of benzene rings is 1. The molecule has 1 amide bonds. The van der Waals surface area contributed by atoms with Gasteiger partial charge in [0.2, 0.25) is 5.91 Å². The van der Waals surface area contributed by atoms with Gasteiger partial charge in [0.05, 0.1) is 11.2 Å². The molecule has 116 valence electrons. The highest BCUT2D eigenvalue weighted by Gasteiger charge is 2.20. The van der Waals surface area contributed by atoms with Crippen molar-refractivity contribution < 1.29 is 4.79 Å². The van der Waals surface area contributed by atoms with E-state index in [1.165, 1.54) is 5.56 Å². The van der Waals surface area contributed by atoms with Crippen LogP contribution in [-0.2, 0) is 17.8 Å². The first kappa shape index (κ1) is 15.2. The fraction of sp³-hybridized carbons (Fsp3) is 0.412. The molecule has 22 heavy (non-hydrogen) atoms. The molecule has 0 unspecified atom stereocenters. The van der Waals surface area contributed by atoms with Crippen molar-refractivity contribution in [1.82, 2.24) is 14.8 Å². The fourth-order valence-corrected chi connectivity index (χ4v) is 3.34. The van der Waals surface area contributed by atoms with Crippen LogP contribution in [0.5, 0.6) is 0 Å². The van der Waals surface area contributed by atoms with E-state index in [2.05, 4.69) is 34.1 Å². The van der Waals surface area contributed by atoms with Gasteiger partial charge in [-0.15, -0.1) is 11.3 Å². The second kappa shape index (κ2) is 7.51. The van der Waals surface area contributed by atoms with Crippen molar-refractivity contribution in [2.45, 2.75) is 19.4 Å². The van der Waals surface area contributed by atoms with Crippen LogP contribution in [0.25, 0.3) is 0 Å². The van der Waals surface area contributed by atoms with Gasteiger partial charge in [-0.1, -0.05) is 30.3 Å². The van der Waals surface area contributed by atoms with E-state index in [1.54, 1.807) is 11.3 Å². The molecule has 0 aliphatic carbocycles. The molecule has 3 rings (SSSR count). The van der Waals surface area contributed by atoms with Crippen molar-refractivity contribution in [1.29, 1.82) is 0 Å². The SMILES string of the molecule is O=C(CCc1cscn1)N1CCN(Cc2ccccc2)CC1. The Hall–Kier alpha value is -1.72. The molecule has 0 atom stereocenters. The van der Waals surface area contributed by atoms with E-state index in [4.69, 9.17) is 0 Å². The molecule has 0 bridgehead atoms. The topological polar surface area (TPSA) is 36.4 Å². The van der Waals surface area contributed by atoms with Crippen LogP contribution >= 0.6 is 11.3 Å². The lowest BCUT2D eigenvalue weighted by Crippen LogP contribution is -2.48. The zero-order valence-corrected chi connectivity index (χ0v) is 13.5. The summed E-state index contributed by atoms with van der Waals surface area (Å²) in [4.78, 5) is 20.9. The summed E-state index contributed by atoms with van der Waals surface area (Å²) < 4.78 is 0. The Balaban J connectivity index is 1.42. The quantitative estimate of drug-likeness (QED) is 0.850. The number of thiazole rings is 1. The molecule has 2 heterocycles. The second-order valence-corrected chi connectivity index (χ2v) is 6.34. The predicted octanol–water partition coefficient (Wildman–Crippen LogP) is 2.42. The highest BCUT2D eigenvalue weighted by Crippen LogP contribution is 2.11. The summed E-state index contributed by atoms with van der Waals surface area (Å²) >= 11 is 1.59. The Morgan fingerprint density at radius 3 is 2.59 bits per heavy atom. The molecular weight excluding hydrogens is 294 g/mol. The molecule has 4 nitrogen and oxygen atoms in total. The summed E-state index contributed by atoms with van der Waals surface area (Å²) in [6, 6.07) is 10.5. The molecule has 1 aromatic heterocycles. The number of amides is 1. The maximum atomic E-state index is 12.2. The summed E-state index contributed by atoms with van der Waals surface area (Å²) in [5.41, 5.74) is 4.19. The van der Waals surface area contributed by atoms with Gasteiger partial charge in [0.1, 0.15) is 0 Å². The summed E-state index contributed by atoms with van der Waals surface area (Å²) in [5, 5.41) is 2.02. The van der Waals surface area contributed by atoms with Crippen LogP contribution < -0.4 is 0 Å². The number of carbonyl (C=O) groups is 1. The number of nitrogens with zero attached hydrogens (tertiary/aromatic N) is 3. The van der Waals surface area contributed by atoms with Crippen LogP contribution in [0.2, 0.25) is 0 Å². The predicted molar refractivity (Wildman–Crippen MR) is 88.7 cm³/mol. The van der Waals surface area contributed by atoms with Gasteiger partial charge in [0.15, 0.2) is 0 Å². The van der Waals surface area contributed by atoms with E-state index in [9.17, 15) is 4.79 Å². The molecule has 2 aromatic rings. The number of hydrogen-bond acceptors (Lipinski definition) is 4. The lowest BCUT2D eigenvalue weighted by atomic mass is 10.2. The van der Waals surface area contributed by atoms with Crippen LogP contribution in [-0.4, -0.2) is 46.9 Å². The van der Waals surface area contributed by atoms with E-state index in [-0.39, 0.29) is 5.91 Å². The van der Waals surface area contributed by atoms with Gasteiger partial charge < -0.3 is 4.90 Å². The first-order valence-electron chi connectivity index (χ1n) is 7.72. The molecule has 0 saturated carbocycles. The monoisotopic (exact) mass is 315 g/mol. The normalized spacial score (nSPS) is 15.9. The van der Waals surface area contributed by atoms with Crippen LogP contribution in [0.4, 0.5) is 0 Å². The number of aryl methyl sites for hydroxylation is 1. The highest BCUT2D eigenvalue weighted by molar-refractivity contribution is 7.07. The Labute approximate surface area is 135 Å². The highest BCUT2D eigenvalue weighted by atomic mass is 32.1. The summed E-state index contributed by atoms with van der Waals surface area (Å²) in [6.07, 6.45) is 1.33. The Morgan fingerprint density at radius 2 is 1.91 bits per heavy atom. The first-order valence-corrected chi connectivity index (χ1v) is 8.66. The first-order chi connectivity index (χ1) is 10.8. The van der Waals surface area contributed by atoms with Gasteiger partial charge >= 0.3 is 0 Å². The van der Waals surface area contributed by atoms with Crippen molar-refractivity contribution in [3.8, 4) is 0 Å². The second-order valence-electron chi connectivity index (χ2n) is 5.62. The smallest absolute Gasteiger partial charge is 0.223 e. The van der Waals surface area contributed by atoms with Crippen LogP contribution in [0.3, 0.4) is 0 Å². The summed E-state index contributed by atoms with van der Waals surface area (Å²) in [6.45, 7) is 4.56. The van der Waals surface area contributed by atoms with Gasteiger partial charge in [-0.05, 0) is 12.0 Å². The molecule has 1 aromatic carbocycles. The lowest BCUT2D eigenvalue weighted by Gasteiger charge is -2.34. The average Bonchev–Trinajstić information content (AvgIpc) is 3.08. The molecule has 1 fully saturated rings. The lowest BCUT2D eigenvalue weighted by molar-refractivity contribution is -0.133. The van der Waals surface area contributed by atoms with Gasteiger partial charge in [0.25, 0.3) is 0 Å². The van der Waals surface area contributed by atoms with Crippen molar-refractivity contribution in [3.63, 3.8) is 0 Å². The Bertz CT molecular complexity index is 577. The maximum Gasteiger partial charge on any atom is 0.223 e. The van der Waals surface area contributed by atoms with Crippen molar-refractivity contribution in [2.24, 2.45) is 0 Å². The van der Waals surface area contributed by atoms with E-state index in [1.807, 2.05) is 21.9 Å². The van der Waals surface area contributed by atoms with E-state index in [0.717, 1.165) is 44.8 Å². The van der Waals surface area contributed by atoms with Crippen LogP contribution in [0.1, 0.15) is 17.7 Å². The molecule has 0 spiro atoms. The fourth-order valence-electron chi connectivity index (χ4n) is 2.75. The third kappa shape index (κ3) is 4.15. The van der Waals surface area contributed by atoms with Gasteiger partial charge in [-0.2, -0.15) is 0 Å². The molecule has 5 heteroatoms. The largest absolute Gasteiger partial charge is 0.340 e. The molecule has 1 aliphatic heterocycles. The minimum atomic E-state index is 0.257. The van der Waals surface area contributed by atoms with Crippen molar-refractivity contribution >= 4 is 17.2 Å². The van der Waals surface area contributed by atoms with Crippen molar-refractivity contribution in [2.75, 3.05) is 26.2 Å². The zero-order chi connectivity index (χ0) is 15.2. The zero-order valence-electron chi connectivity index (χ0n) is 12.6. The van der Waals surface area contributed by atoms with E-state index in [0.29, 0.717) is 6.42 Å². The van der Waals surface area contributed by atoms with Crippen LogP contribution in [0, 0.1) is 0 Å². The number of hydrogen-bond donors (Lipinski definition) is 0. The van der Waals surface area contributed by atoms with Crippen molar-refractivity contribution in [3.05, 3.63) is 52.5 Å². The minimum Gasteiger partial charge on any atom is -0.340 e. The Kier molecular flexibility index (Phi) is 5.19. The number of piperazine rings is 1. The number of aromatic nitrogens is 1. The summed E-state index contributed by atoms with van der Waals surface area (Å²) in [5.74, 6) is 0.257. The molecule has 0 radical (unpaired) electrons. The Morgan fingerprint density at radius 1 is 1.14 bits per heavy atom. The van der Waals surface area contributed by atoms with Gasteiger partial charge in [0, 0.05) is 44.5 Å². The number of carbonyl (C=O) groups excluding carboxylic acids is 1. The molecule has 1 saturated heterocycles. The molecule has 1 aliphatic rings. The standard InChI is InChI=1S/C17H21N3OS/c21-17(7-6-16-13-22-14-18-16)20-10-8-19(9-11-20)12-15-4-2-1-3-5-15/h1-5,13-14H,6-12H2.